The lowest BCUT2D eigenvalue weighted by atomic mass is 9.96. The largest absolute Gasteiger partial charge is 0.513 e. The predicted octanol–water partition coefficient (Wildman–Crippen LogP) is 0.106. The highest BCUT2D eigenvalue weighted by Crippen LogP contribution is 2.58. The Morgan fingerprint density at radius 3 is 2.48 bits per heavy atom. The minimum Gasteiger partial charge on any atom is -0.437 e. The highest BCUT2D eigenvalue weighted by atomic mass is 32.2. The van der Waals surface area contributed by atoms with E-state index in [1.165, 1.54) is 59.1 Å². The zero-order valence-electron chi connectivity index (χ0n) is 25.5. The molecule has 6 atom stereocenters. The number of thioether (sulfide) groups is 1. The number of carbonyl (C=O) groups is 5. The van der Waals surface area contributed by atoms with Gasteiger partial charge in [-0.15, -0.1) is 0 Å². The lowest BCUT2D eigenvalue weighted by molar-refractivity contribution is -0.289. The molecule has 3 amide bonds. The van der Waals surface area contributed by atoms with Gasteiger partial charge in [-0.25, -0.2) is 14.2 Å². The molecule has 3 N–H and O–H groups in total. The number of amides is 3. The number of β-lactam (4-membered cyclic amide) rings is 1. The van der Waals surface area contributed by atoms with Gasteiger partial charge in [0.1, 0.15) is 40.7 Å². The zero-order valence-corrected chi connectivity index (χ0v) is 26.3. The van der Waals surface area contributed by atoms with E-state index in [2.05, 4.69) is 15.4 Å². The molecular formula is C30H28N4O13S. The molecule has 1 aromatic heterocycles. The molecule has 4 heterocycles. The Labute approximate surface area is 274 Å². The maximum Gasteiger partial charge on any atom is 0.513 e. The smallest absolute Gasteiger partial charge is 0.437 e. The van der Waals surface area contributed by atoms with E-state index in [0.717, 1.165) is 7.11 Å². The summed E-state index contributed by atoms with van der Waals surface area (Å²) in [5.41, 5.74) is -1.08. The Hall–Kier alpha value is -5.20. The molecule has 2 aromatic carbocycles. The molecule has 6 rings (SSSR count). The number of para-hydroxylation sites is 1. The number of esters is 1. The van der Waals surface area contributed by atoms with E-state index in [-0.39, 0.29) is 34.5 Å². The fourth-order valence-electron chi connectivity index (χ4n) is 5.65. The number of nitrogens with zero attached hydrogens (tertiary/aromatic N) is 2. The molecule has 17 nitrogen and oxygen atoms in total. The molecule has 48 heavy (non-hydrogen) atoms. The molecule has 3 aliphatic heterocycles. The maximum absolute atomic E-state index is 13.7. The van der Waals surface area contributed by atoms with E-state index < -0.39 is 82.4 Å². The summed E-state index contributed by atoms with van der Waals surface area (Å²) in [4.78, 5) is 90.0. The third-order valence-corrected chi connectivity index (χ3v) is 9.57. The van der Waals surface area contributed by atoms with Crippen LogP contribution in [-0.4, -0.2) is 80.2 Å². The van der Waals surface area contributed by atoms with Crippen LogP contribution >= 0.6 is 11.8 Å². The Morgan fingerprint density at radius 1 is 1.08 bits per heavy atom. The van der Waals surface area contributed by atoms with Crippen molar-refractivity contribution in [1.29, 1.82) is 0 Å². The van der Waals surface area contributed by atoms with Gasteiger partial charge in [-0.05, 0) is 36.8 Å². The fraction of sp³-hybridized carbons (Fsp3) is 0.367. The van der Waals surface area contributed by atoms with E-state index in [1.54, 1.807) is 13.8 Å². The fourth-order valence-corrected chi connectivity index (χ4v) is 7.33. The summed E-state index contributed by atoms with van der Waals surface area (Å²) in [6.45, 7) is 2.47. The van der Waals surface area contributed by atoms with E-state index >= 15 is 0 Å². The summed E-state index contributed by atoms with van der Waals surface area (Å²) in [6.07, 6.45) is -2.15. The normalized spacial score (nSPS) is 24.3. The van der Waals surface area contributed by atoms with Crippen molar-refractivity contribution in [2.24, 2.45) is 0 Å². The minimum atomic E-state index is -1.45. The van der Waals surface area contributed by atoms with Crippen molar-refractivity contribution < 1.29 is 52.4 Å². The second kappa shape index (κ2) is 12.4. The number of aliphatic hydroxyl groups is 1. The molecule has 252 valence electrons. The number of benzene rings is 2. The molecule has 3 fully saturated rings. The second-order valence-electron chi connectivity index (χ2n) is 11.1. The van der Waals surface area contributed by atoms with Crippen molar-refractivity contribution in [3.05, 3.63) is 68.9 Å². The molecule has 0 bridgehead atoms. The standard InChI is InChI=1S/C30H28N4O13S/c1-4-18(36)44-14-10-8-13(9-11-14)19(23(37)32-20-25(39)34-22-27(40)47-30(22,2)48-26(20)34)31-17(35)12-33-24(38)15-6-5-7-16(45-29(42)43-3)21(15)46-28(33)41/h5-11,19-20,22,26-27,40H,4,12H2,1-3H3,(H,31,35)(H,32,37)/t19-,20-,22?,26?,27?,30?/m1/s1. The van der Waals surface area contributed by atoms with Crippen molar-refractivity contribution in [3.8, 4) is 11.5 Å². The number of rotatable bonds is 9. The number of aromatic nitrogens is 1. The minimum absolute atomic E-state index is 0.123. The lowest BCUT2D eigenvalue weighted by Crippen LogP contribution is -2.74. The number of nitrogens with one attached hydrogen (secondary N) is 2. The van der Waals surface area contributed by atoms with Gasteiger partial charge in [-0.3, -0.25) is 24.0 Å². The van der Waals surface area contributed by atoms with Crippen LogP contribution in [0.15, 0.2) is 56.5 Å². The van der Waals surface area contributed by atoms with Crippen LogP contribution in [-0.2, 0) is 35.2 Å². The van der Waals surface area contributed by atoms with Crippen molar-refractivity contribution in [1.82, 2.24) is 20.1 Å². The molecule has 0 spiro atoms. The van der Waals surface area contributed by atoms with Crippen LogP contribution in [0.3, 0.4) is 0 Å². The van der Waals surface area contributed by atoms with Crippen molar-refractivity contribution >= 4 is 52.6 Å². The molecule has 0 saturated carbocycles. The van der Waals surface area contributed by atoms with E-state index in [4.69, 9.17) is 18.6 Å². The number of carbonyl (C=O) groups excluding carboxylic acids is 5. The zero-order chi connectivity index (χ0) is 34.5. The number of hydrogen-bond donors (Lipinski definition) is 3. The third-order valence-electron chi connectivity index (χ3n) is 8.02. The average molecular weight is 685 g/mol. The molecule has 3 saturated heterocycles. The number of fused-ring (bicyclic) bond motifs is 4. The number of ether oxygens (including phenoxy) is 4. The van der Waals surface area contributed by atoms with Gasteiger partial charge in [0.15, 0.2) is 17.6 Å². The van der Waals surface area contributed by atoms with Crippen molar-refractivity contribution in [2.45, 2.75) is 61.5 Å². The number of hydrogen-bond acceptors (Lipinski definition) is 14. The first-order valence-corrected chi connectivity index (χ1v) is 15.4. The van der Waals surface area contributed by atoms with E-state index in [1.807, 2.05) is 0 Å². The van der Waals surface area contributed by atoms with Crippen LogP contribution in [0.25, 0.3) is 11.0 Å². The number of aliphatic hydroxyl groups excluding tert-OH is 1. The Morgan fingerprint density at radius 2 is 1.81 bits per heavy atom. The highest BCUT2D eigenvalue weighted by Gasteiger charge is 2.71. The molecule has 4 unspecified atom stereocenters. The molecular weight excluding hydrogens is 656 g/mol. The van der Waals surface area contributed by atoms with Gasteiger partial charge >= 0.3 is 17.9 Å². The summed E-state index contributed by atoms with van der Waals surface area (Å²) in [6, 6.07) is 6.57. The Balaban J connectivity index is 1.24. The summed E-state index contributed by atoms with van der Waals surface area (Å²) < 4.78 is 25.7. The first-order valence-electron chi connectivity index (χ1n) is 14.5. The van der Waals surface area contributed by atoms with Gasteiger partial charge in [0.2, 0.25) is 17.7 Å². The van der Waals surface area contributed by atoms with Gasteiger partial charge in [0, 0.05) is 6.42 Å². The van der Waals surface area contributed by atoms with Crippen LogP contribution in [0.4, 0.5) is 4.79 Å². The monoisotopic (exact) mass is 684 g/mol. The Kier molecular flexibility index (Phi) is 8.48. The van der Waals surface area contributed by atoms with Crippen LogP contribution in [0, 0.1) is 0 Å². The SMILES string of the molecule is CCC(=O)Oc1ccc([C@@H](NC(=O)Cn2c(=O)oc3c(OC(=O)OC)cccc3c2=O)C(=O)N[C@@H]2C(=O)N3C2SC2(C)OC(O)C32)cc1. The van der Waals surface area contributed by atoms with Crippen LogP contribution in [0.5, 0.6) is 11.5 Å². The first-order chi connectivity index (χ1) is 22.8. The number of methoxy groups -OCH3 is 1. The summed E-state index contributed by atoms with van der Waals surface area (Å²) >= 11 is 1.27. The van der Waals surface area contributed by atoms with E-state index in [9.17, 15) is 38.7 Å². The van der Waals surface area contributed by atoms with Crippen molar-refractivity contribution in [3.63, 3.8) is 0 Å². The highest BCUT2D eigenvalue weighted by molar-refractivity contribution is 8.01. The quantitative estimate of drug-likeness (QED) is 0.118. The van der Waals surface area contributed by atoms with Crippen LogP contribution in [0.2, 0.25) is 0 Å². The summed E-state index contributed by atoms with van der Waals surface area (Å²) in [7, 11) is 1.06. The molecule has 3 aromatic rings. The Bertz CT molecular complexity index is 1960. The first kappa shape index (κ1) is 32.7. The van der Waals surface area contributed by atoms with Gasteiger partial charge < -0.3 is 44.0 Å². The lowest BCUT2D eigenvalue weighted by Gasteiger charge is -2.50. The topological polar surface area (TPSA) is 222 Å². The van der Waals surface area contributed by atoms with Gasteiger partial charge in [0.05, 0.1) is 12.5 Å². The third kappa shape index (κ3) is 5.67. The van der Waals surface area contributed by atoms with Crippen LogP contribution in [0.1, 0.15) is 31.9 Å². The van der Waals surface area contributed by atoms with Crippen molar-refractivity contribution in [2.75, 3.05) is 7.11 Å². The van der Waals surface area contributed by atoms with Gasteiger partial charge in [0.25, 0.3) is 5.56 Å². The molecule has 0 radical (unpaired) electrons. The molecule has 18 heteroatoms. The van der Waals surface area contributed by atoms with E-state index in [0.29, 0.717) is 4.57 Å². The second-order valence-corrected chi connectivity index (χ2v) is 12.6. The molecule has 0 aliphatic carbocycles. The maximum atomic E-state index is 13.7. The van der Waals surface area contributed by atoms with Crippen LogP contribution < -0.4 is 31.4 Å². The summed E-state index contributed by atoms with van der Waals surface area (Å²) in [5.74, 6) is -4.02. The average Bonchev–Trinajstić information content (AvgIpc) is 3.28. The summed E-state index contributed by atoms with van der Waals surface area (Å²) in [5, 5.41) is 14.4. The van der Waals surface area contributed by atoms with Gasteiger partial charge in [-0.2, -0.15) is 0 Å². The van der Waals surface area contributed by atoms with Gasteiger partial charge in [-0.1, -0.05) is 36.9 Å². The molecule has 3 aliphatic rings. The predicted molar refractivity (Wildman–Crippen MR) is 162 cm³/mol.